The molecule has 3 rings (SSSR count). The predicted molar refractivity (Wildman–Crippen MR) is 116 cm³/mol. The maximum atomic E-state index is 12.9. The summed E-state index contributed by atoms with van der Waals surface area (Å²) in [5.74, 6) is -0.488. The van der Waals surface area contributed by atoms with Gasteiger partial charge in [-0.05, 0) is 70.0 Å². The number of Topliss-reactive ketones (excluding diaryl/α,β-unsaturated/α-hetero) is 1. The molecular formula is C24H29NO6. The smallest absolute Gasteiger partial charge is 0.295 e. The standard InChI is InChI=1S/C24H29NO6/c1-5-29-18-10-9-17(14-16(18)4)22(26)20-21(19-8-6-12-31-19)25(24(28)23(20)27)11-7-13-30-15(2)3/h6,8-10,12,14-15,21,26H,5,7,11,13H2,1-4H3/b22-20-. The molecule has 1 amide bonds. The highest BCUT2D eigenvalue weighted by Crippen LogP contribution is 2.40. The van der Waals surface area contributed by atoms with Crippen LogP contribution in [0, 0.1) is 6.92 Å². The molecule has 2 aromatic rings. The van der Waals surface area contributed by atoms with Crippen molar-refractivity contribution in [3.63, 3.8) is 0 Å². The summed E-state index contributed by atoms with van der Waals surface area (Å²) in [6.07, 6.45) is 2.13. The largest absolute Gasteiger partial charge is 0.507 e. The second kappa shape index (κ2) is 9.83. The van der Waals surface area contributed by atoms with E-state index in [9.17, 15) is 14.7 Å². The van der Waals surface area contributed by atoms with Gasteiger partial charge in [0, 0.05) is 18.7 Å². The molecule has 1 aromatic carbocycles. The maximum Gasteiger partial charge on any atom is 0.295 e. The Balaban J connectivity index is 1.98. The van der Waals surface area contributed by atoms with E-state index in [1.165, 1.54) is 11.2 Å². The first-order valence-corrected chi connectivity index (χ1v) is 10.5. The number of aliphatic hydroxyl groups excluding tert-OH is 1. The highest BCUT2D eigenvalue weighted by molar-refractivity contribution is 6.46. The Morgan fingerprint density at radius 1 is 1.26 bits per heavy atom. The van der Waals surface area contributed by atoms with Gasteiger partial charge in [-0.15, -0.1) is 0 Å². The van der Waals surface area contributed by atoms with Gasteiger partial charge in [0.05, 0.1) is 24.5 Å². The summed E-state index contributed by atoms with van der Waals surface area (Å²) in [5, 5.41) is 11.1. The molecule has 1 aliphatic rings. The van der Waals surface area contributed by atoms with Gasteiger partial charge in [-0.2, -0.15) is 0 Å². The van der Waals surface area contributed by atoms with Gasteiger partial charge in [-0.25, -0.2) is 0 Å². The Morgan fingerprint density at radius 3 is 2.65 bits per heavy atom. The van der Waals surface area contributed by atoms with Gasteiger partial charge in [0.25, 0.3) is 11.7 Å². The third kappa shape index (κ3) is 4.82. The van der Waals surface area contributed by atoms with E-state index in [4.69, 9.17) is 13.9 Å². The number of furan rings is 1. The fourth-order valence-electron chi connectivity index (χ4n) is 3.68. The second-order valence-corrected chi connectivity index (χ2v) is 7.69. The molecule has 7 nitrogen and oxygen atoms in total. The average molecular weight is 427 g/mol. The molecule has 31 heavy (non-hydrogen) atoms. The number of rotatable bonds is 9. The second-order valence-electron chi connectivity index (χ2n) is 7.69. The Labute approximate surface area is 182 Å². The topological polar surface area (TPSA) is 89.2 Å². The van der Waals surface area contributed by atoms with E-state index in [-0.39, 0.29) is 17.4 Å². The predicted octanol–water partition coefficient (Wildman–Crippen LogP) is 4.22. The molecule has 1 saturated heterocycles. The van der Waals surface area contributed by atoms with E-state index < -0.39 is 17.7 Å². The van der Waals surface area contributed by atoms with Gasteiger partial charge in [0.2, 0.25) is 0 Å². The number of hydrogen-bond acceptors (Lipinski definition) is 6. The van der Waals surface area contributed by atoms with Crippen molar-refractivity contribution in [2.75, 3.05) is 19.8 Å². The molecule has 1 atom stereocenters. The molecule has 0 radical (unpaired) electrons. The molecule has 0 bridgehead atoms. The summed E-state index contributed by atoms with van der Waals surface area (Å²) < 4.78 is 16.6. The van der Waals surface area contributed by atoms with E-state index in [2.05, 4.69) is 0 Å². The van der Waals surface area contributed by atoms with Crippen molar-refractivity contribution in [3.05, 3.63) is 59.1 Å². The van der Waals surface area contributed by atoms with Crippen LogP contribution in [0.1, 0.15) is 50.1 Å². The van der Waals surface area contributed by atoms with E-state index in [0.717, 1.165) is 5.56 Å². The fourth-order valence-corrected chi connectivity index (χ4v) is 3.68. The quantitative estimate of drug-likeness (QED) is 0.279. The SMILES string of the molecule is CCOc1ccc(/C(O)=C2/C(=O)C(=O)N(CCCOC(C)C)C2c2ccco2)cc1C. The highest BCUT2D eigenvalue weighted by Gasteiger charge is 2.47. The summed E-state index contributed by atoms with van der Waals surface area (Å²) in [5.41, 5.74) is 1.28. The molecule has 1 aliphatic heterocycles. The lowest BCUT2D eigenvalue weighted by molar-refractivity contribution is -0.140. The van der Waals surface area contributed by atoms with Crippen molar-refractivity contribution >= 4 is 17.4 Å². The average Bonchev–Trinajstić information content (AvgIpc) is 3.34. The highest BCUT2D eigenvalue weighted by atomic mass is 16.5. The van der Waals surface area contributed by atoms with E-state index in [1.807, 2.05) is 27.7 Å². The van der Waals surface area contributed by atoms with Crippen LogP contribution >= 0.6 is 0 Å². The number of hydrogen-bond donors (Lipinski definition) is 1. The number of benzene rings is 1. The Hall–Kier alpha value is -3.06. The number of ketones is 1. The number of amides is 1. The minimum atomic E-state index is -0.791. The number of ether oxygens (including phenoxy) is 2. The normalized spacial score (nSPS) is 18.2. The van der Waals surface area contributed by atoms with Crippen LogP contribution in [0.4, 0.5) is 0 Å². The van der Waals surface area contributed by atoms with Crippen molar-refractivity contribution < 1.29 is 28.6 Å². The number of carbonyl (C=O) groups is 2. The van der Waals surface area contributed by atoms with Crippen LogP contribution in [0.25, 0.3) is 5.76 Å². The number of aliphatic hydroxyl groups is 1. The van der Waals surface area contributed by atoms with Gasteiger partial charge < -0.3 is 23.9 Å². The van der Waals surface area contributed by atoms with Gasteiger partial charge in [0.1, 0.15) is 23.3 Å². The van der Waals surface area contributed by atoms with Crippen LogP contribution in [0.2, 0.25) is 0 Å². The zero-order chi connectivity index (χ0) is 22.5. The lowest BCUT2D eigenvalue weighted by atomic mass is 9.98. The van der Waals surface area contributed by atoms with Gasteiger partial charge >= 0.3 is 0 Å². The monoisotopic (exact) mass is 427 g/mol. The lowest BCUT2D eigenvalue weighted by Gasteiger charge is -2.23. The first kappa shape index (κ1) is 22.6. The molecule has 1 unspecified atom stereocenters. The third-order valence-corrected chi connectivity index (χ3v) is 5.10. The first-order valence-electron chi connectivity index (χ1n) is 10.5. The lowest BCUT2D eigenvalue weighted by Crippen LogP contribution is -2.31. The van der Waals surface area contributed by atoms with E-state index in [0.29, 0.717) is 43.3 Å². The van der Waals surface area contributed by atoms with Crippen LogP contribution < -0.4 is 4.74 Å². The van der Waals surface area contributed by atoms with Crippen LogP contribution in [0.15, 0.2) is 46.6 Å². The van der Waals surface area contributed by atoms with E-state index in [1.54, 1.807) is 30.3 Å². The van der Waals surface area contributed by atoms with Gasteiger partial charge in [0.15, 0.2) is 0 Å². The summed E-state index contributed by atoms with van der Waals surface area (Å²) in [4.78, 5) is 27.2. The van der Waals surface area contributed by atoms with E-state index >= 15 is 0 Å². The first-order chi connectivity index (χ1) is 14.8. The Kier molecular flexibility index (Phi) is 7.17. The number of carbonyl (C=O) groups excluding carboxylic acids is 2. The molecule has 0 aliphatic carbocycles. The molecule has 1 aromatic heterocycles. The van der Waals surface area contributed by atoms with Gasteiger partial charge in [-0.1, -0.05) is 0 Å². The van der Waals surface area contributed by atoms with Crippen molar-refractivity contribution in [2.45, 2.75) is 46.3 Å². The molecule has 1 N–H and O–H groups in total. The molecule has 0 spiro atoms. The van der Waals surface area contributed by atoms with Crippen LogP contribution in [-0.4, -0.2) is 47.6 Å². The van der Waals surface area contributed by atoms with Crippen molar-refractivity contribution in [3.8, 4) is 5.75 Å². The number of aryl methyl sites for hydroxylation is 1. The Morgan fingerprint density at radius 2 is 2.03 bits per heavy atom. The van der Waals surface area contributed by atoms with Gasteiger partial charge in [-0.3, -0.25) is 9.59 Å². The molecule has 7 heteroatoms. The molecule has 2 heterocycles. The van der Waals surface area contributed by atoms with Crippen molar-refractivity contribution in [1.29, 1.82) is 0 Å². The van der Waals surface area contributed by atoms with Crippen LogP contribution in [0.5, 0.6) is 5.75 Å². The van der Waals surface area contributed by atoms with Crippen molar-refractivity contribution in [2.24, 2.45) is 0 Å². The molecular weight excluding hydrogens is 398 g/mol. The zero-order valence-corrected chi connectivity index (χ0v) is 18.4. The number of nitrogens with zero attached hydrogens (tertiary/aromatic N) is 1. The summed E-state index contributed by atoms with van der Waals surface area (Å²) >= 11 is 0. The van der Waals surface area contributed by atoms with Crippen molar-refractivity contribution in [1.82, 2.24) is 4.90 Å². The summed E-state index contributed by atoms with van der Waals surface area (Å²) in [7, 11) is 0. The molecule has 1 fully saturated rings. The maximum absolute atomic E-state index is 12.9. The van der Waals surface area contributed by atoms with Crippen LogP contribution in [0.3, 0.4) is 0 Å². The summed E-state index contributed by atoms with van der Waals surface area (Å²) in [6.45, 7) is 8.92. The van der Waals surface area contributed by atoms with Crippen LogP contribution in [-0.2, 0) is 14.3 Å². The Bertz CT molecular complexity index is 960. The summed E-state index contributed by atoms with van der Waals surface area (Å²) in [6, 6.07) is 7.76. The zero-order valence-electron chi connectivity index (χ0n) is 18.4. The fraction of sp³-hybridized carbons (Fsp3) is 0.417. The molecule has 0 saturated carbocycles. The minimum absolute atomic E-state index is 0.0216. The minimum Gasteiger partial charge on any atom is -0.507 e. The number of likely N-dealkylation sites (tertiary alicyclic amines) is 1. The molecule has 166 valence electrons. The third-order valence-electron chi connectivity index (χ3n) is 5.10.